The minimum absolute atomic E-state index is 0.363. The third-order valence-electron chi connectivity index (χ3n) is 6.25. The van der Waals surface area contributed by atoms with E-state index in [9.17, 15) is 5.11 Å². The Bertz CT molecular complexity index is 779. The summed E-state index contributed by atoms with van der Waals surface area (Å²) in [5.74, 6) is 0.628. The number of nitrogens with zero attached hydrogens (tertiary/aromatic N) is 3. The summed E-state index contributed by atoms with van der Waals surface area (Å²) in [7, 11) is 4.16. The van der Waals surface area contributed by atoms with Crippen LogP contribution in [0, 0.1) is 5.92 Å². The van der Waals surface area contributed by atoms with Gasteiger partial charge in [-0.1, -0.05) is 6.07 Å². The topological polar surface area (TPSA) is 31.6 Å². The van der Waals surface area contributed by atoms with Gasteiger partial charge in [-0.2, -0.15) is 0 Å². The van der Waals surface area contributed by atoms with E-state index < -0.39 is 0 Å². The molecule has 0 aliphatic carbocycles. The van der Waals surface area contributed by atoms with Crippen LogP contribution in [0.4, 0.5) is 5.69 Å². The lowest BCUT2D eigenvalue weighted by atomic mass is 9.78. The standard InChI is InChI=1S/C19H25N3O/c1-20(2)13-5-6-14-15-7-9-21-8-3-4-12-10-17(23)22(16(14)11-13)19(15)18(12)21/h5-6,11-12,17-18,23H,3-4,7-10H2,1-2H3/t12-,17?,18-/m1/s1. The quantitative estimate of drug-likeness (QED) is 0.879. The summed E-state index contributed by atoms with van der Waals surface area (Å²) < 4.78 is 2.26. The van der Waals surface area contributed by atoms with Crippen LogP contribution in [-0.4, -0.2) is 41.8 Å². The summed E-state index contributed by atoms with van der Waals surface area (Å²) in [4.78, 5) is 4.81. The highest BCUT2D eigenvalue weighted by Crippen LogP contribution is 2.51. The first-order valence-corrected chi connectivity index (χ1v) is 8.91. The monoisotopic (exact) mass is 311 g/mol. The van der Waals surface area contributed by atoms with Gasteiger partial charge in [-0.05, 0) is 55.8 Å². The van der Waals surface area contributed by atoms with Crippen LogP contribution in [0.5, 0.6) is 0 Å². The van der Waals surface area contributed by atoms with E-state index in [1.54, 1.807) is 0 Å². The molecular weight excluding hydrogens is 286 g/mol. The minimum atomic E-state index is -0.363. The Hall–Kier alpha value is -1.52. The molecule has 1 aromatic carbocycles. The third kappa shape index (κ3) is 1.79. The molecule has 3 aliphatic rings. The summed E-state index contributed by atoms with van der Waals surface area (Å²) in [6.45, 7) is 2.40. The van der Waals surface area contributed by atoms with E-state index in [1.807, 2.05) is 0 Å². The second kappa shape index (κ2) is 4.74. The van der Waals surface area contributed by atoms with Crippen LogP contribution in [0.15, 0.2) is 18.2 Å². The predicted molar refractivity (Wildman–Crippen MR) is 92.9 cm³/mol. The van der Waals surface area contributed by atoms with Crippen molar-refractivity contribution in [2.75, 3.05) is 32.1 Å². The Morgan fingerprint density at radius 3 is 2.91 bits per heavy atom. The predicted octanol–water partition coefficient (Wildman–Crippen LogP) is 2.91. The molecule has 0 spiro atoms. The number of hydrogen-bond donors (Lipinski definition) is 1. The molecule has 0 amide bonds. The molecule has 4 heterocycles. The summed E-state index contributed by atoms with van der Waals surface area (Å²) in [6.07, 6.45) is 4.22. The summed E-state index contributed by atoms with van der Waals surface area (Å²) >= 11 is 0. The molecule has 1 fully saturated rings. The highest BCUT2D eigenvalue weighted by atomic mass is 16.3. The molecule has 1 aromatic heterocycles. The van der Waals surface area contributed by atoms with E-state index in [0.717, 1.165) is 12.8 Å². The number of aliphatic hydroxyl groups is 1. The van der Waals surface area contributed by atoms with Gasteiger partial charge in [0.2, 0.25) is 0 Å². The fraction of sp³-hybridized carbons (Fsp3) is 0.579. The first kappa shape index (κ1) is 13.9. The summed E-state index contributed by atoms with van der Waals surface area (Å²) in [5.41, 5.74) is 5.35. The van der Waals surface area contributed by atoms with Gasteiger partial charge < -0.3 is 14.6 Å². The van der Waals surface area contributed by atoms with E-state index in [-0.39, 0.29) is 6.23 Å². The zero-order valence-corrected chi connectivity index (χ0v) is 14.0. The number of benzene rings is 1. The van der Waals surface area contributed by atoms with Gasteiger partial charge in [0.15, 0.2) is 0 Å². The number of hydrogen-bond acceptors (Lipinski definition) is 3. The van der Waals surface area contributed by atoms with Gasteiger partial charge in [-0.3, -0.25) is 4.90 Å². The molecule has 1 unspecified atom stereocenters. The number of fused-ring (bicyclic) bond motifs is 3. The second-order valence-corrected chi connectivity index (χ2v) is 7.68. The lowest BCUT2D eigenvalue weighted by Gasteiger charge is -2.48. The average molecular weight is 311 g/mol. The molecule has 1 N–H and O–H groups in total. The molecule has 0 bridgehead atoms. The molecule has 5 rings (SSSR count). The van der Waals surface area contributed by atoms with E-state index in [1.165, 1.54) is 53.8 Å². The maximum atomic E-state index is 10.9. The molecule has 23 heavy (non-hydrogen) atoms. The van der Waals surface area contributed by atoms with Crippen LogP contribution in [0.3, 0.4) is 0 Å². The molecule has 122 valence electrons. The Morgan fingerprint density at radius 1 is 1.22 bits per heavy atom. The average Bonchev–Trinajstić information content (AvgIpc) is 2.89. The van der Waals surface area contributed by atoms with Crippen molar-refractivity contribution in [1.82, 2.24) is 9.47 Å². The zero-order chi connectivity index (χ0) is 15.7. The first-order chi connectivity index (χ1) is 11.1. The van der Waals surface area contributed by atoms with Gasteiger partial charge >= 0.3 is 0 Å². The van der Waals surface area contributed by atoms with E-state index in [0.29, 0.717) is 12.0 Å². The number of aliphatic hydroxyl groups excluding tert-OH is 1. The lowest BCUT2D eigenvalue weighted by Crippen LogP contribution is -2.47. The van der Waals surface area contributed by atoms with Gasteiger partial charge in [0.1, 0.15) is 6.23 Å². The zero-order valence-electron chi connectivity index (χ0n) is 14.0. The van der Waals surface area contributed by atoms with Gasteiger partial charge in [-0.15, -0.1) is 0 Å². The number of anilines is 1. The van der Waals surface area contributed by atoms with Crippen LogP contribution in [-0.2, 0) is 6.42 Å². The van der Waals surface area contributed by atoms with Crippen LogP contribution in [0.2, 0.25) is 0 Å². The highest BCUT2D eigenvalue weighted by molar-refractivity contribution is 5.89. The maximum absolute atomic E-state index is 10.9. The largest absolute Gasteiger partial charge is 0.378 e. The van der Waals surface area contributed by atoms with Crippen molar-refractivity contribution in [1.29, 1.82) is 0 Å². The van der Waals surface area contributed by atoms with Gasteiger partial charge in [0.25, 0.3) is 0 Å². The molecule has 3 aliphatic heterocycles. The Labute approximate surface area is 137 Å². The molecule has 2 aromatic rings. The van der Waals surface area contributed by atoms with Crippen molar-refractivity contribution in [3.05, 3.63) is 29.5 Å². The smallest absolute Gasteiger partial charge is 0.131 e. The normalized spacial score (nSPS) is 29.6. The number of rotatable bonds is 1. The third-order valence-corrected chi connectivity index (χ3v) is 6.25. The summed E-state index contributed by atoms with van der Waals surface area (Å²) in [5, 5.41) is 12.2. The SMILES string of the molecule is CN(C)c1ccc2c3c4n(c2c1)C(O)C[C@H]1CCCN(CC3)[C@@H]41. The molecule has 4 nitrogen and oxygen atoms in total. The van der Waals surface area contributed by atoms with Crippen molar-refractivity contribution >= 4 is 16.6 Å². The summed E-state index contributed by atoms with van der Waals surface area (Å²) in [6, 6.07) is 7.27. The van der Waals surface area contributed by atoms with Gasteiger partial charge in [-0.25, -0.2) is 0 Å². The van der Waals surface area contributed by atoms with Gasteiger partial charge in [0, 0.05) is 37.4 Å². The van der Waals surface area contributed by atoms with Crippen molar-refractivity contribution < 1.29 is 5.11 Å². The molecule has 4 heteroatoms. The van der Waals surface area contributed by atoms with Crippen molar-refractivity contribution in [2.45, 2.75) is 38.0 Å². The van der Waals surface area contributed by atoms with E-state index >= 15 is 0 Å². The van der Waals surface area contributed by atoms with Crippen LogP contribution in [0.1, 0.15) is 42.8 Å². The van der Waals surface area contributed by atoms with Crippen molar-refractivity contribution in [3.8, 4) is 0 Å². The fourth-order valence-electron chi connectivity index (χ4n) is 5.25. The number of aromatic nitrogens is 1. The molecule has 0 radical (unpaired) electrons. The van der Waals surface area contributed by atoms with Crippen molar-refractivity contribution in [3.63, 3.8) is 0 Å². The highest BCUT2D eigenvalue weighted by Gasteiger charge is 2.44. The lowest BCUT2D eigenvalue weighted by molar-refractivity contribution is -0.0148. The second-order valence-electron chi connectivity index (χ2n) is 7.68. The number of piperidine rings is 1. The Kier molecular flexibility index (Phi) is 2.86. The first-order valence-electron chi connectivity index (χ1n) is 8.91. The van der Waals surface area contributed by atoms with E-state index in [4.69, 9.17) is 0 Å². The van der Waals surface area contributed by atoms with E-state index in [2.05, 4.69) is 46.7 Å². The van der Waals surface area contributed by atoms with Crippen LogP contribution in [0.25, 0.3) is 10.9 Å². The maximum Gasteiger partial charge on any atom is 0.131 e. The van der Waals surface area contributed by atoms with Crippen molar-refractivity contribution in [2.24, 2.45) is 5.92 Å². The minimum Gasteiger partial charge on any atom is -0.378 e. The molecule has 0 saturated carbocycles. The van der Waals surface area contributed by atoms with Crippen LogP contribution >= 0.6 is 0 Å². The van der Waals surface area contributed by atoms with Gasteiger partial charge in [0.05, 0.1) is 11.6 Å². The Balaban J connectivity index is 1.80. The molecule has 1 saturated heterocycles. The Morgan fingerprint density at radius 2 is 2.09 bits per heavy atom. The molecular formula is C19H25N3O. The van der Waals surface area contributed by atoms with Crippen LogP contribution < -0.4 is 4.90 Å². The molecule has 3 atom stereocenters. The fourth-order valence-corrected chi connectivity index (χ4v) is 5.25.